The molecule has 4 unspecified atom stereocenters. The van der Waals surface area contributed by atoms with E-state index in [0.717, 1.165) is 180 Å². The SMILES string of the molecule is CC/C=C\C/C=C\C/C=C\C/C=C\CCCCCCCCC(=O)OCC(COP(=O)(O)OCC(O)COP(=O)(O)OCC(COC(=O)CCCCCCCC/C=C\C/C=C\C/C=C\C/C=C\CC)OC(=O)CCCCCCCCCCCCCCC)OC(=O)CCCCCCCCCCCCCCC. The number of esters is 4. The summed E-state index contributed by atoms with van der Waals surface area (Å²) >= 11 is 0. The molecule has 17 nitrogen and oxygen atoms in total. The van der Waals surface area contributed by atoms with E-state index in [0.29, 0.717) is 25.7 Å². The highest BCUT2D eigenvalue weighted by Crippen LogP contribution is 2.45. The van der Waals surface area contributed by atoms with Crippen molar-refractivity contribution in [1.82, 2.24) is 0 Å². The molecule has 0 aromatic rings. The Morgan fingerprint density at radius 1 is 0.279 bits per heavy atom. The van der Waals surface area contributed by atoms with Crippen molar-refractivity contribution >= 4 is 39.5 Å². The summed E-state index contributed by atoms with van der Waals surface area (Å²) in [6.07, 6.45) is 82.3. The summed E-state index contributed by atoms with van der Waals surface area (Å²) in [5.74, 6) is -2.18. The molecular weight excluding hydrogens is 1350 g/mol. The van der Waals surface area contributed by atoms with Gasteiger partial charge in [0.1, 0.15) is 19.3 Å². The Morgan fingerprint density at radius 3 is 0.769 bits per heavy atom. The zero-order chi connectivity index (χ0) is 76.0. The molecule has 0 aliphatic rings. The third-order valence-electron chi connectivity index (χ3n) is 17.6. The van der Waals surface area contributed by atoms with Crippen LogP contribution in [-0.2, 0) is 65.4 Å². The van der Waals surface area contributed by atoms with Crippen LogP contribution in [-0.4, -0.2) is 96.7 Å². The van der Waals surface area contributed by atoms with Crippen molar-refractivity contribution in [2.75, 3.05) is 39.6 Å². The first-order chi connectivity index (χ1) is 50.7. The molecule has 602 valence electrons. The molecule has 4 atom stereocenters. The summed E-state index contributed by atoms with van der Waals surface area (Å²) in [6, 6.07) is 0. The van der Waals surface area contributed by atoms with E-state index in [-0.39, 0.29) is 25.7 Å². The topological polar surface area (TPSA) is 237 Å². The van der Waals surface area contributed by atoms with Crippen LogP contribution in [0.3, 0.4) is 0 Å². The summed E-state index contributed by atoms with van der Waals surface area (Å²) in [4.78, 5) is 73.1. The second kappa shape index (κ2) is 77.1. The van der Waals surface area contributed by atoms with Gasteiger partial charge in [-0.15, -0.1) is 0 Å². The summed E-state index contributed by atoms with van der Waals surface area (Å²) in [5, 5.41) is 10.7. The fraction of sp³-hybridized carbons (Fsp3) is 0.765. The Labute approximate surface area is 633 Å². The number of rotatable bonds is 78. The van der Waals surface area contributed by atoms with Crippen molar-refractivity contribution in [3.63, 3.8) is 0 Å². The van der Waals surface area contributed by atoms with Crippen molar-refractivity contribution in [2.45, 2.75) is 380 Å². The second-order valence-corrected chi connectivity index (χ2v) is 30.6. The maximum Gasteiger partial charge on any atom is 0.472 e. The van der Waals surface area contributed by atoms with Gasteiger partial charge in [0.05, 0.1) is 26.4 Å². The van der Waals surface area contributed by atoms with Gasteiger partial charge in [0.25, 0.3) is 0 Å². The lowest BCUT2D eigenvalue weighted by Gasteiger charge is -2.21. The largest absolute Gasteiger partial charge is 0.472 e. The normalized spacial score (nSPS) is 14.3. The van der Waals surface area contributed by atoms with E-state index in [1.54, 1.807) is 0 Å². The fourth-order valence-corrected chi connectivity index (χ4v) is 12.9. The van der Waals surface area contributed by atoms with E-state index in [1.807, 2.05) is 0 Å². The Kier molecular flexibility index (Phi) is 74.2. The zero-order valence-corrected chi connectivity index (χ0v) is 67.7. The molecule has 0 aliphatic carbocycles. The lowest BCUT2D eigenvalue weighted by Crippen LogP contribution is -2.30. The summed E-state index contributed by atoms with van der Waals surface area (Å²) < 4.78 is 68.7. The van der Waals surface area contributed by atoms with Gasteiger partial charge in [0.15, 0.2) is 12.2 Å². The monoisotopic (exact) mass is 1510 g/mol. The Hall–Kier alpha value is -4.02. The minimum atomic E-state index is -4.98. The maximum absolute atomic E-state index is 13.1. The third kappa shape index (κ3) is 76.2. The summed E-state index contributed by atoms with van der Waals surface area (Å²) in [7, 11) is -9.95. The number of allylic oxidation sites excluding steroid dienone is 16. The van der Waals surface area contributed by atoms with Gasteiger partial charge in [-0.3, -0.25) is 37.3 Å². The second-order valence-electron chi connectivity index (χ2n) is 27.7. The van der Waals surface area contributed by atoms with Crippen LogP contribution in [0.25, 0.3) is 0 Å². The predicted molar refractivity (Wildman–Crippen MR) is 427 cm³/mol. The number of aliphatic hydroxyl groups is 1. The Bertz CT molecular complexity index is 2190. The molecule has 0 spiro atoms. The number of hydrogen-bond donors (Lipinski definition) is 3. The van der Waals surface area contributed by atoms with Gasteiger partial charge in [0, 0.05) is 25.7 Å². The molecule has 0 aromatic heterocycles. The van der Waals surface area contributed by atoms with Crippen LogP contribution in [0.1, 0.15) is 362 Å². The van der Waals surface area contributed by atoms with E-state index in [4.69, 9.17) is 37.0 Å². The van der Waals surface area contributed by atoms with Crippen LogP contribution in [0.2, 0.25) is 0 Å². The fourth-order valence-electron chi connectivity index (χ4n) is 11.3. The van der Waals surface area contributed by atoms with Gasteiger partial charge >= 0.3 is 39.5 Å². The number of carbonyl (C=O) groups is 4. The quantitative estimate of drug-likeness (QED) is 0.0169. The Morgan fingerprint density at radius 2 is 0.500 bits per heavy atom. The van der Waals surface area contributed by atoms with E-state index >= 15 is 0 Å². The first-order valence-corrected chi connectivity index (χ1v) is 44.5. The highest BCUT2D eigenvalue weighted by atomic mass is 31.2. The maximum atomic E-state index is 13.1. The van der Waals surface area contributed by atoms with E-state index < -0.39 is 97.5 Å². The molecule has 0 rings (SSSR count). The first kappa shape index (κ1) is 100.0. The molecule has 0 fully saturated rings. The molecule has 19 heteroatoms. The molecule has 0 saturated carbocycles. The number of carbonyl (C=O) groups excluding carboxylic acids is 4. The summed E-state index contributed by atoms with van der Waals surface area (Å²) in [5.41, 5.74) is 0. The van der Waals surface area contributed by atoms with E-state index in [2.05, 4.69) is 125 Å². The molecule has 3 N–H and O–H groups in total. The minimum Gasteiger partial charge on any atom is -0.462 e. The van der Waals surface area contributed by atoms with Crippen LogP contribution >= 0.6 is 15.6 Å². The van der Waals surface area contributed by atoms with E-state index in [9.17, 15) is 43.2 Å². The summed E-state index contributed by atoms with van der Waals surface area (Å²) in [6.45, 7) is 4.68. The number of hydrogen-bond acceptors (Lipinski definition) is 15. The molecule has 0 saturated heterocycles. The standard InChI is InChI=1S/C85H150O17P2/c1-5-9-13-17-21-25-29-33-35-37-39-41-43-47-49-53-57-61-65-69-82(87)95-75-80(101-84(89)71-67-63-59-55-51-45-31-27-23-19-15-11-7-3)77-99-103(91,92)97-73-79(86)74-98-104(93,94)100-78-81(102-85(90)72-68-64-60-56-52-46-32-28-24-20-16-12-8-4)76-96-83(88)70-66-62-58-54-50-48-44-42-40-38-36-34-30-26-22-18-14-10-6-2/h9-10,13-14,21-22,25-26,33-36,39-42,79-81,86H,5-8,11-12,15-20,23-24,27-32,37-38,43-78H2,1-4H3,(H,91,92)(H,93,94)/b13-9-,14-10-,25-21-,26-22-,35-33-,36-34-,41-39-,42-40-. The van der Waals surface area contributed by atoms with Crippen molar-refractivity contribution in [2.24, 2.45) is 0 Å². The Balaban J connectivity index is 5.32. The molecule has 0 radical (unpaired) electrons. The van der Waals surface area contributed by atoms with Crippen LogP contribution in [0, 0.1) is 0 Å². The van der Waals surface area contributed by atoms with Crippen LogP contribution < -0.4 is 0 Å². The average Bonchev–Trinajstić information content (AvgIpc) is 0.913. The first-order valence-electron chi connectivity index (χ1n) is 41.5. The lowest BCUT2D eigenvalue weighted by atomic mass is 10.0. The number of unbranched alkanes of at least 4 members (excludes halogenated alkanes) is 36. The predicted octanol–water partition coefficient (Wildman–Crippen LogP) is 24.3. The van der Waals surface area contributed by atoms with Crippen LogP contribution in [0.5, 0.6) is 0 Å². The molecule has 104 heavy (non-hydrogen) atoms. The van der Waals surface area contributed by atoms with Gasteiger partial charge in [0.2, 0.25) is 0 Å². The minimum absolute atomic E-state index is 0.0954. The number of phosphoric acid groups is 2. The lowest BCUT2D eigenvalue weighted by molar-refractivity contribution is -0.161. The zero-order valence-electron chi connectivity index (χ0n) is 65.9. The van der Waals surface area contributed by atoms with Gasteiger partial charge in [-0.2, -0.15) is 0 Å². The third-order valence-corrected chi connectivity index (χ3v) is 19.5. The van der Waals surface area contributed by atoms with E-state index in [1.165, 1.54) is 103 Å². The van der Waals surface area contributed by atoms with Crippen LogP contribution in [0.4, 0.5) is 0 Å². The molecule has 0 amide bonds. The van der Waals surface area contributed by atoms with Gasteiger partial charge in [-0.25, -0.2) is 9.13 Å². The van der Waals surface area contributed by atoms with Gasteiger partial charge in [-0.1, -0.05) is 330 Å². The molecule has 0 heterocycles. The number of aliphatic hydroxyl groups excluding tert-OH is 1. The van der Waals surface area contributed by atoms with Gasteiger partial charge < -0.3 is 33.8 Å². The van der Waals surface area contributed by atoms with Crippen molar-refractivity contribution in [1.29, 1.82) is 0 Å². The van der Waals surface area contributed by atoms with Crippen LogP contribution in [0.15, 0.2) is 97.2 Å². The highest BCUT2D eigenvalue weighted by Gasteiger charge is 2.30. The number of ether oxygens (including phenoxy) is 4. The average molecular weight is 1510 g/mol. The molecule has 0 bridgehead atoms. The van der Waals surface area contributed by atoms with Crippen molar-refractivity contribution < 1.29 is 80.2 Å². The van der Waals surface area contributed by atoms with Crippen molar-refractivity contribution in [3.8, 4) is 0 Å². The smallest absolute Gasteiger partial charge is 0.462 e. The highest BCUT2D eigenvalue weighted by molar-refractivity contribution is 7.47. The molecule has 0 aromatic carbocycles. The van der Waals surface area contributed by atoms with Crippen molar-refractivity contribution in [3.05, 3.63) is 97.2 Å². The number of phosphoric ester groups is 2. The van der Waals surface area contributed by atoms with Gasteiger partial charge in [-0.05, 0) is 103 Å². The molecular formula is C85H150O17P2. The molecule has 0 aliphatic heterocycles.